The summed E-state index contributed by atoms with van der Waals surface area (Å²) in [5.74, 6) is -0.584. The van der Waals surface area contributed by atoms with Gasteiger partial charge in [0.15, 0.2) is 0 Å². The largest absolute Gasteiger partial charge is 0.427 e. The molecule has 4 aromatic carbocycles. The lowest BCUT2D eigenvalue weighted by Gasteiger charge is -2.10. The van der Waals surface area contributed by atoms with Gasteiger partial charge in [0, 0.05) is 30.3 Å². The molecule has 0 saturated heterocycles. The Hall–Kier alpha value is -4.45. The lowest BCUT2D eigenvalue weighted by molar-refractivity contribution is -0.131. The van der Waals surface area contributed by atoms with E-state index in [1.54, 1.807) is 36.4 Å². The van der Waals surface area contributed by atoms with Crippen molar-refractivity contribution in [2.24, 2.45) is 0 Å². The Labute approximate surface area is 191 Å². The zero-order valence-corrected chi connectivity index (χ0v) is 18.0. The third-order valence-corrected chi connectivity index (χ3v) is 5.06. The molecule has 0 bridgehead atoms. The Bertz CT molecular complexity index is 1320. The van der Waals surface area contributed by atoms with Gasteiger partial charge in [-0.25, -0.2) is 0 Å². The molecule has 2 N–H and O–H groups in total. The van der Waals surface area contributed by atoms with Crippen molar-refractivity contribution >= 4 is 34.2 Å². The molecule has 0 spiro atoms. The Morgan fingerprint density at radius 2 is 1.52 bits per heavy atom. The van der Waals surface area contributed by atoms with Gasteiger partial charge in [0.25, 0.3) is 11.8 Å². The first kappa shape index (κ1) is 21.8. The number of ether oxygens (including phenoxy) is 1. The van der Waals surface area contributed by atoms with Crippen LogP contribution in [-0.2, 0) is 11.3 Å². The van der Waals surface area contributed by atoms with E-state index in [4.69, 9.17) is 4.74 Å². The highest BCUT2D eigenvalue weighted by Crippen LogP contribution is 2.20. The van der Waals surface area contributed by atoms with Crippen LogP contribution in [0.5, 0.6) is 5.75 Å². The maximum absolute atomic E-state index is 12.8. The van der Waals surface area contributed by atoms with Crippen LogP contribution in [0, 0.1) is 0 Å². The van der Waals surface area contributed by atoms with Crippen molar-refractivity contribution in [3.8, 4) is 5.75 Å². The first-order chi connectivity index (χ1) is 16.0. The Morgan fingerprint density at radius 1 is 0.788 bits per heavy atom. The summed E-state index contributed by atoms with van der Waals surface area (Å²) in [6, 6.07) is 27.1. The second-order valence-electron chi connectivity index (χ2n) is 7.48. The van der Waals surface area contributed by atoms with E-state index >= 15 is 0 Å². The molecule has 33 heavy (non-hydrogen) atoms. The fraction of sp³-hybridized carbons (Fsp3) is 0.0741. The van der Waals surface area contributed by atoms with Gasteiger partial charge in [0.2, 0.25) is 0 Å². The number of fused-ring (bicyclic) bond motifs is 1. The fourth-order valence-corrected chi connectivity index (χ4v) is 3.48. The minimum Gasteiger partial charge on any atom is -0.427 e. The highest BCUT2D eigenvalue weighted by Gasteiger charge is 2.11. The smallest absolute Gasteiger partial charge is 0.308 e. The van der Waals surface area contributed by atoms with Gasteiger partial charge < -0.3 is 15.4 Å². The first-order valence-corrected chi connectivity index (χ1v) is 10.4. The van der Waals surface area contributed by atoms with Crippen LogP contribution >= 0.6 is 0 Å². The van der Waals surface area contributed by atoms with E-state index in [2.05, 4.69) is 10.6 Å². The van der Waals surface area contributed by atoms with E-state index in [9.17, 15) is 14.4 Å². The molecule has 0 aliphatic heterocycles. The van der Waals surface area contributed by atoms with Gasteiger partial charge >= 0.3 is 5.97 Å². The summed E-state index contributed by atoms with van der Waals surface area (Å²) >= 11 is 0. The summed E-state index contributed by atoms with van der Waals surface area (Å²) in [7, 11) is 0. The predicted molar refractivity (Wildman–Crippen MR) is 127 cm³/mol. The summed E-state index contributed by atoms with van der Waals surface area (Å²) in [6.07, 6.45) is 0. The molecule has 164 valence electrons. The van der Waals surface area contributed by atoms with Gasteiger partial charge in [0.05, 0.1) is 0 Å². The molecule has 0 aliphatic carbocycles. The molecule has 0 aliphatic rings. The van der Waals surface area contributed by atoms with E-state index < -0.39 is 5.97 Å². The molecular formula is C27H22N2O4. The number of amides is 2. The molecule has 0 saturated carbocycles. The summed E-state index contributed by atoms with van der Waals surface area (Å²) in [6.45, 7) is 1.62. The Balaban J connectivity index is 1.37. The quantitative estimate of drug-likeness (QED) is 0.330. The molecule has 4 rings (SSSR count). The second-order valence-corrected chi connectivity index (χ2v) is 7.48. The van der Waals surface area contributed by atoms with Gasteiger partial charge in [-0.1, -0.05) is 54.6 Å². The van der Waals surface area contributed by atoms with Crippen LogP contribution in [0.15, 0.2) is 91.0 Å². The minimum absolute atomic E-state index is 0.180. The minimum atomic E-state index is -0.444. The fourth-order valence-electron chi connectivity index (χ4n) is 3.48. The van der Waals surface area contributed by atoms with Crippen LogP contribution in [-0.4, -0.2) is 17.8 Å². The van der Waals surface area contributed by atoms with Crippen LogP contribution in [0.2, 0.25) is 0 Å². The number of hydrogen-bond donors (Lipinski definition) is 2. The summed E-state index contributed by atoms with van der Waals surface area (Å²) in [5.41, 5.74) is 2.55. The summed E-state index contributed by atoms with van der Waals surface area (Å²) < 4.78 is 5.01. The number of benzene rings is 4. The highest BCUT2D eigenvalue weighted by atomic mass is 16.5. The molecule has 0 unspecified atom stereocenters. The maximum atomic E-state index is 12.8. The average Bonchev–Trinajstić information content (AvgIpc) is 2.82. The van der Waals surface area contributed by atoms with Crippen LogP contribution < -0.4 is 15.4 Å². The lowest BCUT2D eigenvalue weighted by Crippen LogP contribution is -2.22. The SMILES string of the molecule is CC(=O)Oc1cccc(C(=O)NCc2ccc(NC(=O)c3cccc4ccccc34)cc2)c1. The van der Waals surface area contributed by atoms with E-state index in [0.29, 0.717) is 29.1 Å². The topological polar surface area (TPSA) is 84.5 Å². The summed E-state index contributed by atoms with van der Waals surface area (Å²) in [5, 5.41) is 7.66. The van der Waals surface area contributed by atoms with Crippen molar-refractivity contribution in [2.75, 3.05) is 5.32 Å². The second kappa shape index (κ2) is 9.78. The monoisotopic (exact) mass is 438 g/mol. The lowest BCUT2D eigenvalue weighted by atomic mass is 10.0. The van der Waals surface area contributed by atoms with Crippen molar-refractivity contribution in [3.63, 3.8) is 0 Å². The number of hydrogen-bond acceptors (Lipinski definition) is 4. The van der Waals surface area contributed by atoms with E-state index in [0.717, 1.165) is 16.3 Å². The first-order valence-electron chi connectivity index (χ1n) is 10.4. The van der Waals surface area contributed by atoms with Crippen LogP contribution in [0.1, 0.15) is 33.2 Å². The number of anilines is 1. The van der Waals surface area contributed by atoms with Gasteiger partial charge in [-0.2, -0.15) is 0 Å². The van der Waals surface area contributed by atoms with Crippen molar-refractivity contribution < 1.29 is 19.1 Å². The molecular weight excluding hydrogens is 416 g/mol. The third kappa shape index (κ3) is 5.43. The van der Waals surface area contributed by atoms with E-state index in [-0.39, 0.29) is 11.8 Å². The molecule has 4 aromatic rings. The molecule has 0 fully saturated rings. The van der Waals surface area contributed by atoms with Crippen LogP contribution in [0.25, 0.3) is 10.8 Å². The molecule has 0 radical (unpaired) electrons. The van der Waals surface area contributed by atoms with Gasteiger partial charge in [-0.05, 0) is 52.7 Å². The zero-order chi connectivity index (χ0) is 23.2. The molecule has 0 heterocycles. The highest BCUT2D eigenvalue weighted by molar-refractivity contribution is 6.12. The average molecular weight is 438 g/mol. The molecule has 6 nitrogen and oxygen atoms in total. The zero-order valence-electron chi connectivity index (χ0n) is 18.0. The number of esters is 1. The number of carbonyl (C=O) groups excluding carboxylic acids is 3. The third-order valence-electron chi connectivity index (χ3n) is 5.06. The molecule has 0 aromatic heterocycles. The number of nitrogens with one attached hydrogen (secondary N) is 2. The van der Waals surface area contributed by atoms with Crippen LogP contribution in [0.3, 0.4) is 0 Å². The molecule has 6 heteroatoms. The van der Waals surface area contributed by atoms with E-state index in [1.165, 1.54) is 13.0 Å². The number of carbonyl (C=O) groups is 3. The summed E-state index contributed by atoms with van der Waals surface area (Å²) in [4.78, 5) is 36.3. The standard InChI is InChI=1S/C27H22N2O4/c1-18(30)33-23-9-4-8-21(16-23)26(31)28-17-19-12-14-22(15-13-19)29-27(32)25-11-5-7-20-6-2-3-10-24(20)25/h2-16H,17H2,1H3,(H,28,31)(H,29,32). The van der Waals surface area contributed by atoms with Gasteiger partial charge in [-0.15, -0.1) is 0 Å². The van der Waals surface area contributed by atoms with Gasteiger partial charge in [0.1, 0.15) is 5.75 Å². The van der Waals surface area contributed by atoms with Crippen LogP contribution in [0.4, 0.5) is 5.69 Å². The number of rotatable bonds is 6. The maximum Gasteiger partial charge on any atom is 0.308 e. The van der Waals surface area contributed by atoms with Crippen molar-refractivity contribution in [2.45, 2.75) is 13.5 Å². The predicted octanol–water partition coefficient (Wildman–Crippen LogP) is 4.95. The van der Waals surface area contributed by atoms with Gasteiger partial charge in [-0.3, -0.25) is 14.4 Å². The molecule has 2 amide bonds. The van der Waals surface area contributed by atoms with E-state index in [1.807, 2.05) is 48.5 Å². The Morgan fingerprint density at radius 3 is 2.30 bits per heavy atom. The Kier molecular flexibility index (Phi) is 6.45. The van der Waals surface area contributed by atoms with Crippen molar-refractivity contribution in [3.05, 3.63) is 108 Å². The normalized spacial score (nSPS) is 10.5. The van der Waals surface area contributed by atoms with Crippen molar-refractivity contribution in [1.82, 2.24) is 5.32 Å². The van der Waals surface area contributed by atoms with Crippen molar-refractivity contribution in [1.29, 1.82) is 0 Å². The molecule has 0 atom stereocenters.